The quantitative estimate of drug-likeness (QED) is 0.785. The highest BCUT2D eigenvalue weighted by Crippen LogP contribution is 2.19. The van der Waals surface area contributed by atoms with Crippen LogP contribution < -0.4 is 5.32 Å². The molecule has 6 heteroatoms. The van der Waals surface area contributed by atoms with Crippen molar-refractivity contribution in [3.8, 4) is 0 Å². The molecule has 18 heavy (non-hydrogen) atoms. The summed E-state index contributed by atoms with van der Waals surface area (Å²) in [7, 11) is 1.39. The highest BCUT2D eigenvalue weighted by atomic mass is 16.6. The fourth-order valence-corrected chi connectivity index (χ4v) is 1.42. The van der Waals surface area contributed by atoms with Crippen molar-refractivity contribution in [3.63, 3.8) is 0 Å². The van der Waals surface area contributed by atoms with Crippen LogP contribution in [0.1, 0.15) is 34.6 Å². The van der Waals surface area contributed by atoms with E-state index in [4.69, 9.17) is 9.47 Å². The van der Waals surface area contributed by atoms with Crippen LogP contribution >= 0.6 is 0 Å². The van der Waals surface area contributed by atoms with E-state index in [1.807, 2.05) is 0 Å². The lowest BCUT2D eigenvalue weighted by Crippen LogP contribution is -2.61. The highest BCUT2D eigenvalue weighted by molar-refractivity contribution is 5.85. The largest absolute Gasteiger partial charge is 0.479 e. The number of aliphatic carboxylic acids is 1. The van der Waals surface area contributed by atoms with E-state index >= 15 is 0 Å². The van der Waals surface area contributed by atoms with Crippen LogP contribution in [0, 0.1) is 5.92 Å². The summed E-state index contributed by atoms with van der Waals surface area (Å²) in [6.07, 6.45) is -0.768. The predicted molar refractivity (Wildman–Crippen MR) is 66.5 cm³/mol. The van der Waals surface area contributed by atoms with Gasteiger partial charge in [-0.25, -0.2) is 9.59 Å². The van der Waals surface area contributed by atoms with Crippen LogP contribution in [0.5, 0.6) is 0 Å². The molecule has 0 rings (SSSR count). The Balaban J connectivity index is 5.00. The Morgan fingerprint density at radius 1 is 1.28 bits per heavy atom. The summed E-state index contributed by atoms with van der Waals surface area (Å²) in [6, 6.07) is 0. The fraction of sp³-hybridized carbons (Fsp3) is 0.833. The zero-order valence-corrected chi connectivity index (χ0v) is 11.9. The van der Waals surface area contributed by atoms with Gasteiger partial charge in [0.25, 0.3) is 0 Å². The van der Waals surface area contributed by atoms with Crippen LogP contribution in [0.4, 0.5) is 4.79 Å². The third-order valence-electron chi connectivity index (χ3n) is 2.46. The van der Waals surface area contributed by atoms with E-state index in [0.717, 1.165) is 0 Å². The first kappa shape index (κ1) is 16.7. The standard InChI is InChI=1S/C12H23NO5/c1-8(2)12(7-17-6,9(14)15)13-10(16)18-11(3,4)5/h8H,7H2,1-6H3,(H,13,16)(H,14,15). The van der Waals surface area contributed by atoms with E-state index in [-0.39, 0.29) is 12.5 Å². The first-order chi connectivity index (χ1) is 8.05. The molecule has 0 aromatic rings. The van der Waals surface area contributed by atoms with Crippen LogP contribution in [0.25, 0.3) is 0 Å². The molecule has 6 nitrogen and oxygen atoms in total. The number of amides is 1. The highest BCUT2D eigenvalue weighted by Gasteiger charge is 2.44. The van der Waals surface area contributed by atoms with Crippen LogP contribution in [0.3, 0.4) is 0 Å². The number of ether oxygens (including phenoxy) is 2. The molecule has 0 saturated carbocycles. The third kappa shape index (κ3) is 4.52. The van der Waals surface area contributed by atoms with Gasteiger partial charge in [0.2, 0.25) is 0 Å². The molecule has 0 spiro atoms. The molecule has 0 aliphatic rings. The monoisotopic (exact) mass is 261 g/mol. The number of carbonyl (C=O) groups excluding carboxylic acids is 1. The SMILES string of the molecule is COCC(NC(=O)OC(C)(C)C)(C(=O)O)C(C)C. The molecule has 2 N–H and O–H groups in total. The summed E-state index contributed by atoms with van der Waals surface area (Å²) in [5.41, 5.74) is -2.17. The van der Waals surface area contributed by atoms with Gasteiger partial charge in [0, 0.05) is 7.11 Å². The average molecular weight is 261 g/mol. The van der Waals surface area contributed by atoms with Crippen molar-refractivity contribution in [3.05, 3.63) is 0 Å². The molecular weight excluding hydrogens is 238 g/mol. The van der Waals surface area contributed by atoms with Gasteiger partial charge in [-0.05, 0) is 26.7 Å². The first-order valence-electron chi connectivity index (χ1n) is 5.78. The molecule has 1 amide bonds. The molecule has 106 valence electrons. The number of nitrogens with one attached hydrogen (secondary N) is 1. The Kier molecular flexibility index (Phi) is 5.60. The molecule has 0 aliphatic heterocycles. The second-order valence-electron chi connectivity index (χ2n) is 5.49. The number of hydrogen-bond acceptors (Lipinski definition) is 4. The number of carboxylic acids is 1. The Labute approximate surface area is 108 Å². The van der Waals surface area contributed by atoms with E-state index < -0.39 is 23.2 Å². The third-order valence-corrected chi connectivity index (χ3v) is 2.46. The summed E-state index contributed by atoms with van der Waals surface area (Å²) >= 11 is 0. The van der Waals surface area contributed by atoms with Crippen molar-refractivity contribution >= 4 is 12.1 Å². The smallest absolute Gasteiger partial charge is 0.408 e. The molecule has 0 fully saturated rings. The van der Waals surface area contributed by atoms with Crippen LogP contribution in [0.2, 0.25) is 0 Å². The van der Waals surface area contributed by atoms with Gasteiger partial charge in [0.15, 0.2) is 5.54 Å². The topological polar surface area (TPSA) is 84.9 Å². The van der Waals surface area contributed by atoms with Crippen molar-refractivity contribution in [2.75, 3.05) is 13.7 Å². The van der Waals surface area contributed by atoms with E-state index in [9.17, 15) is 14.7 Å². The molecule has 1 unspecified atom stereocenters. The maximum absolute atomic E-state index is 11.7. The number of carboxylic acid groups (broad SMARTS) is 1. The van der Waals surface area contributed by atoms with Crippen molar-refractivity contribution in [1.29, 1.82) is 0 Å². The number of rotatable bonds is 5. The molecular formula is C12H23NO5. The lowest BCUT2D eigenvalue weighted by Gasteiger charge is -2.34. The Hall–Kier alpha value is -1.30. The first-order valence-corrected chi connectivity index (χ1v) is 5.78. The zero-order chi connectivity index (χ0) is 14.6. The molecule has 0 saturated heterocycles. The van der Waals surface area contributed by atoms with Crippen molar-refractivity contribution in [2.45, 2.75) is 45.8 Å². The Morgan fingerprint density at radius 2 is 1.78 bits per heavy atom. The van der Waals surface area contributed by atoms with Gasteiger partial charge >= 0.3 is 12.1 Å². The van der Waals surface area contributed by atoms with Gasteiger partial charge in [0.05, 0.1) is 6.61 Å². The van der Waals surface area contributed by atoms with E-state index in [1.165, 1.54) is 7.11 Å². The molecule has 0 aromatic carbocycles. The van der Waals surface area contributed by atoms with Crippen molar-refractivity contribution in [2.24, 2.45) is 5.92 Å². The molecule has 0 bridgehead atoms. The van der Waals surface area contributed by atoms with E-state index in [1.54, 1.807) is 34.6 Å². The lowest BCUT2D eigenvalue weighted by molar-refractivity contribution is -0.149. The lowest BCUT2D eigenvalue weighted by atomic mass is 9.87. The van der Waals surface area contributed by atoms with Gasteiger partial charge in [-0.3, -0.25) is 0 Å². The Morgan fingerprint density at radius 3 is 2.06 bits per heavy atom. The summed E-state index contributed by atoms with van der Waals surface area (Å²) in [4.78, 5) is 23.1. The van der Waals surface area contributed by atoms with Crippen molar-refractivity contribution in [1.82, 2.24) is 5.32 Å². The van der Waals surface area contributed by atoms with Crippen LogP contribution in [-0.4, -0.2) is 42.0 Å². The van der Waals surface area contributed by atoms with E-state index in [2.05, 4.69) is 5.32 Å². The number of alkyl carbamates (subject to hydrolysis) is 1. The Bertz CT molecular complexity index is 308. The van der Waals surface area contributed by atoms with Gasteiger partial charge in [-0.1, -0.05) is 13.8 Å². The average Bonchev–Trinajstić information content (AvgIpc) is 2.12. The second-order valence-corrected chi connectivity index (χ2v) is 5.49. The maximum atomic E-state index is 11.7. The number of hydrogen-bond donors (Lipinski definition) is 2. The normalized spacial score (nSPS) is 15.1. The summed E-state index contributed by atoms with van der Waals surface area (Å²) in [5.74, 6) is -1.49. The van der Waals surface area contributed by atoms with Gasteiger partial charge in [-0.15, -0.1) is 0 Å². The number of methoxy groups -OCH3 is 1. The minimum Gasteiger partial charge on any atom is -0.479 e. The summed E-state index contributed by atoms with van der Waals surface area (Å²) < 4.78 is 9.98. The molecule has 0 radical (unpaired) electrons. The second kappa shape index (κ2) is 6.04. The van der Waals surface area contributed by atoms with Crippen molar-refractivity contribution < 1.29 is 24.2 Å². The summed E-state index contributed by atoms with van der Waals surface area (Å²) in [6.45, 7) is 8.40. The molecule has 0 aliphatic carbocycles. The predicted octanol–water partition coefficient (Wildman–Crippen LogP) is 1.64. The van der Waals surface area contributed by atoms with Gasteiger partial charge < -0.3 is 19.9 Å². The van der Waals surface area contributed by atoms with Crippen LogP contribution in [0.15, 0.2) is 0 Å². The maximum Gasteiger partial charge on any atom is 0.408 e. The fourth-order valence-electron chi connectivity index (χ4n) is 1.42. The molecule has 1 atom stereocenters. The van der Waals surface area contributed by atoms with Gasteiger partial charge in [0.1, 0.15) is 5.60 Å². The zero-order valence-electron chi connectivity index (χ0n) is 11.9. The van der Waals surface area contributed by atoms with Gasteiger partial charge in [-0.2, -0.15) is 0 Å². The molecule has 0 aromatic heterocycles. The minimum atomic E-state index is -1.49. The number of carbonyl (C=O) groups is 2. The summed E-state index contributed by atoms with van der Waals surface area (Å²) in [5, 5.41) is 11.7. The van der Waals surface area contributed by atoms with Crippen LogP contribution in [-0.2, 0) is 14.3 Å². The minimum absolute atomic E-state index is 0.126. The molecule has 0 heterocycles. The van der Waals surface area contributed by atoms with E-state index in [0.29, 0.717) is 0 Å².